The third kappa shape index (κ3) is 2.09. The Morgan fingerprint density at radius 1 is 1.22 bits per heavy atom. The third-order valence-corrected chi connectivity index (χ3v) is 4.34. The number of hydrazine groups is 1. The average molecular weight is 281 g/mol. The lowest BCUT2D eigenvalue weighted by Gasteiger charge is -2.18. The number of nitrogens with one attached hydrogen (secondary N) is 1. The van der Waals surface area contributed by atoms with Crippen LogP contribution >= 0.6 is 22.9 Å². The summed E-state index contributed by atoms with van der Waals surface area (Å²) in [5.41, 5.74) is 4.97. The van der Waals surface area contributed by atoms with Crippen molar-refractivity contribution in [1.29, 1.82) is 0 Å². The van der Waals surface area contributed by atoms with Crippen molar-refractivity contribution in [1.82, 2.24) is 9.97 Å². The second-order valence-corrected chi connectivity index (χ2v) is 5.99. The van der Waals surface area contributed by atoms with Crippen LogP contribution in [0.1, 0.15) is 24.1 Å². The van der Waals surface area contributed by atoms with Crippen LogP contribution in [-0.2, 0) is 12.8 Å². The predicted molar refractivity (Wildman–Crippen MR) is 74.8 cm³/mol. The molecule has 0 fully saturated rings. The number of thiophene rings is 1. The van der Waals surface area contributed by atoms with Crippen molar-refractivity contribution in [3.8, 4) is 10.7 Å². The number of fused-ring (bicyclic) bond motifs is 1. The van der Waals surface area contributed by atoms with E-state index in [4.69, 9.17) is 17.4 Å². The van der Waals surface area contributed by atoms with Crippen LogP contribution in [0.15, 0.2) is 12.1 Å². The van der Waals surface area contributed by atoms with E-state index in [0.29, 0.717) is 5.82 Å². The van der Waals surface area contributed by atoms with Crippen molar-refractivity contribution in [2.45, 2.75) is 25.7 Å². The van der Waals surface area contributed by atoms with Crippen LogP contribution in [0, 0.1) is 0 Å². The largest absolute Gasteiger partial charge is 0.308 e. The number of hydrogen-bond donors (Lipinski definition) is 2. The molecular formula is C12H13ClN4S. The first-order valence-electron chi connectivity index (χ1n) is 5.90. The number of nitrogen functional groups attached to an aromatic ring is 1. The average Bonchev–Trinajstić information content (AvgIpc) is 2.84. The fraction of sp³-hybridized carbons (Fsp3) is 0.333. The maximum absolute atomic E-state index is 5.95. The number of hydrogen-bond acceptors (Lipinski definition) is 5. The third-order valence-electron chi connectivity index (χ3n) is 3.11. The van der Waals surface area contributed by atoms with Gasteiger partial charge in [-0.3, -0.25) is 0 Å². The van der Waals surface area contributed by atoms with Crippen LogP contribution in [0.25, 0.3) is 10.7 Å². The molecule has 1 aliphatic rings. The van der Waals surface area contributed by atoms with Gasteiger partial charge in [0.1, 0.15) is 5.82 Å². The lowest BCUT2D eigenvalue weighted by Crippen LogP contribution is -2.16. The van der Waals surface area contributed by atoms with Gasteiger partial charge in [-0.1, -0.05) is 11.6 Å². The van der Waals surface area contributed by atoms with Crippen LogP contribution in [0.2, 0.25) is 4.34 Å². The van der Waals surface area contributed by atoms with Gasteiger partial charge in [-0.05, 0) is 37.8 Å². The Hall–Kier alpha value is -1.17. The number of rotatable bonds is 2. The Morgan fingerprint density at radius 2 is 2.06 bits per heavy atom. The molecule has 0 radical (unpaired) electrons. The van der Waals surface area contributed by atoms with Crippen LogP contribution in [0.5, 0.6) is 0 Å². The van der Waals surface area contributed by atoms with Gasteiger partial charge in [-0.25, -0.2) is 15.8 Å². The van der Waals surface area contributed by atoms with Crippen molar-refractivity contribution in [3.63, 3.8) is 0 Å². The molecule has 3 rings (SSSR count). The molecule has 94 valence electrons. The molecule has 1 aliphatic carbocycles. The molecule has 3 N–H and O–H groups in total. The van der Waals surface area contributed by atoms with E-state index in [1.54, 1.807) is 0 Å². The van der Waals surface area contributed by atoms with Gasteiger partial charge >= 0.3 is 0 Å². The first kappa shape index (κ1) is 11.9. The second kappa shape index (κ2) is 4.84. The lowest BCUT2D eigenvalue weighted by molar-refractivity contribution is 0.665. The van der Waals surface area contributed by atoms with Gasteiger partial charge in [0.2, 0.25) is 0 Å². The molecule has 0 amide bonds. The Balaban J connectivity index is 2.11. The number of aryl methyl sites for hydroxylation is 1. The summed E-state index contributed by atoms with van der Waals surface area (Å²) in [5.74, 6) is 7.02. The van der Waals surface area contributed by atoms with E-state index in [-0.39, 0.29) is 0 Å². The highest BCUT2D eigenvalue weighted by Gasteiger charge is 2.18. The molecule has 6 heteroatoms. The quantitative estimate of drug-likeness (QED) is 0.656. The molecule has 0 aromatic carbocycles. The Kier molecular flexibility index (Phi) is 3.20. The normalized spacial score (nSPS) is 14.3. The molecule has 18 heavy (non-hydrogen) atoms. The fourth-order valence-electron chi connectivity index (χ4n) is 2.26. The van der Waals surface area contributed by atoms with Crippen LogP contribution in [0.3, 0.4) is 0 Å². The molecule has 0 aliphatic heterocycles. The molecule has 0 bridgehead atoms. The summed E-state index contributed by atoms with van der Waals surface area (Å²) in [7, 11) is 0. The number of aromatic nitrogens is 2. The summed E-state index contributed by atoms with van der Waals surface area (Å²) in [6.07, 6.45) is 4.35. The minimum Gasteiger partial charge on any atom is -0.308 e. The zero-order chi connectivity index (χ0) is 12.5. The number of halogens is 1. The zero-order valence-electron chi connectivity index (χ0n) is 9.74. The van der Waals surface area contributed by atoms with Crippen LogP contribution < -0.4 is 11.3 Å². The molecule has 4 nitrogen and oxygen atoms in total. The van der Waals surface area contributed by atoms with E-state index in [0.717, 1.165) is 39.1 Å². The van der Waals surface area contributed by atoms with Crippen molar-refractivity contribution in [2.24, 2.45) is 5.84 Å². The minimum absolute atomic E-state index is 0.709. The van der Waals surface area contributed by atoms with Crippen molar-refractivity contribution in [3.05, 3.63) is 27.7 Å². The standard InChI is InChI=1S/C12H13ClN4S/c13-10-6-5-9(18-10)12-15-8-4-2-1-3-7(8)11(16-12)17-14/h5-6H,1-4,14H2,(H,15,16,17). The fourth-order valence-corrected chi connectivity index (χ4v) is 3.24. The van der Waals surface area contributed by atoms with Gasteiger partial charge in [0.05, 0.1) is 9.21 Å². The maximum atomic E-state index is 5.95. The summed E-state index contributed by atoms with van der Waals surface area (Å²) in [6, 6.07) is 3.80. The van der Waals surface area contributed by atoms with Crippen molar-refractivity contribution < 1.29 is 0 Å². The van der Waals surface area contributed by atoms with Crippen molar-refractivity contribution >= 4 is 28.8 Å². The Morgan fingerprint density at radius 3 is 2.78 bits per heavy atom. The molecule has 2 aromatic rings. The van der Waals surface area contributed by atoms with Gasteiger partial charge in [0.25, 0.3) is 0 Å². The lowest BCUT2D eigenvalue weighted by atomic mass is 9.96. The van der Waals surface area contributed by atoms with E-state index in [1.807, 2.05) is 12.1 Å². The molecule has 0 atom stereocenters. The SMILES string of the molecule is NNc1nc(-c2ccc(Cl)s2)nc2c1CCCC2. The van der Waals surface area contributed by atoms with E-state index in [2.05, 4.69) is 15.4 Å². The highest BCUT2D eigenvalue weighted by molar-refractivity contribution is 7.19. The van der Waals surface area contributed by atoms with Gasteiger partial charge in [-0.2, -0.15) is 0 Å². The van der Waals surface area contributed by atoms with Crippen LogP contribution in [-0.4, -0.2) is 9.97 Å². The van der Waals surface area contributed by atoms with E-state index >= 15 is 0 Å². The molecule has 0 unspecified atom stereocenters. The number of nitrogens with two attached hydrogens (primary N) is 1. The number of nitrogens with zero attached hydrogens (tertiary/aromatic N) is 2. The molecular weight excluding hydrogens is 268 g/mol. The monoisotopic (exact) mass is 280 g/mol. The van der Waals surface area contributed by atoms with Crippen molar-refractivity contribution in [2.75, 3.05) is 5.43 Å². The van der Waals surface area contributed by atoms with E-state index in [1.165, 1.54) is 24.2 Å². The predicted octanol–water partition coefficient (Wildman–Crippen LogP) is 3.02. The second-order valence-electron chi connectivity index (χ2n) is 4.28. The minimum atomic E-state index is 0.709. The zero-order valence-corrected chi connectivity index (χ0v) is 11.3. The Labute approximate surface area is 114 Å². The van der Waals surface area contributed by atoms with Gasteiger partial charge in [0.15, 0.2) is 5.82 Å². The molecule has 0 saturated carbocycles. The molecule has 0 spiro atoms. The topological polar surface area (TPSA) is 63.8 Å². The summed E-state index contributed by atoms with van der Waals surface area (Å²) >= 11 is 7.43. The maximum Gasteiger partial charge on any atom is 0.171 e. The van der Waals surface area contributed by atoms with Gasteiger partial charge < -0.3 is 5.43 Å². The van der Waals surface area contributed by atoms with E-state index in [9.17, 15) is 0 Å². The highest BCUT2D eigenvalue weighted by atomic mass is 35.5. The van der Waals surface area contributed by atoms with E-state index < -0.39 is 0 Å². The first-order chi connectivity index (χ1) is 8.78. The summed E-state index contributed by atoms with van der Waals surface area (Å²) in [6.45, 7) is 0. The summed E-state index contributed by atoms with van der Waals surface area (Å²) in [4.78, 5) is 10.1. The smallest absolute Gasteiger partial charge is 0.171 e. The summed E-state index contributed by atoms with van der Waals surface area (Å²) < 4.78 is 0.744. The molecule has 2 heterocycles. The van der Waals surface area contributed by atoms with Gasteiger partial charge in [0, 0.05) is 11.3 Å². The number of anilines is 1. The molecule has 2 aromatic heterocycles. The first-order valence-corrected chi connectivity index (χ1v) is 7.09. The Bertz CT molecular complexity index is 564. The van der Waals surface area contributed by atoms with Crippen LogP contribution in [0.4, 0.5) is 5.82 Å². The molecule has 0 saturated heterocycles. The summed E-state index contributed by atoms with van der Waals surface area (Å²) in [5, 5.41) is 0. The highest BCUT2D eigenvalue weighted by Crippen LogP contribution is 2.32. The van der Waals surface area contributed by atoms with Gasteiger partial charge in [-0.15, -0.1) is 11.3 Å².